The summed E-state index contributed by atoms with van der Waals surface area (Å²) in [7, 11) is 0. The molecule has 0 atom stereocenters. The molecule has 0 bridgehead atoms. The van der Waals surface area contributed by atoms with E-state index in [0.717, 1.165) is 0 Å². The topological polar surface area (TPSA) is 84.9 Å². The second-order valence-electron chi connectivity index (χ2n) is 4.28. The monoisotopic (exact) mass is 310 g/mol. The predicted molar refractivity (Wildman–Crippen MR) is 79.9 cm³/mol. The normalized spacial score (nSPS) is 10.0. The molecule has 2 amide bonds. The van der Waals surface area contributed by atoms with Crippen molar-refractivity contribution >= 4 is 12.2 Å². The lowest BCUT2D eigenvalue weighted by atomic mass is 10.5. The van der Waals surface area contributed by atoms with Crippen LogP contribution in [0.15, 0.2) is 12.4 Å². The van der Waals surface area contributed by atoms with Crippen molar-refractivity contribution in [3.8, 4) is 11.8 Å². The van der Waals surface area contributed by atoms with E-state index in [1.165, 1.54) is 22.2 Å². The van der Waals surface area contributed by atoms with E-state index in [4.69, 9.17) is 9.47 Å². The van der Waals surface area contributed by atoms with E-state index in [0.29, 0.717) is 26.2 Å². The minimum atomic E-state index is -0.510. The Kier molecular flexibility index (Phi) is 7.07. The van der Waals surface area contributed by atoms with Gasteiger partial charge in [0, 0.05) is 26.2 Å². The maximum absolute atomic E-state index is 11.8. The summed E-state index contributed by atoms with van der Waals surface area (Å²) in [5, 5.41) is 0. The molecule has 8 nitrogen and oxygen atoms in total. The van der Waals surface area contributed by atoms with Crippen molar-refractivity contribution in [2.45, 2.75) is 27.7 Å². The van der Waals surface area contributed by atoms with E-state index in [-0.39, 0.29) is 11.8 Å². The van der Waals surface area contributed by atoms with Gasteiger partial charge in [0.2, 0.25) is 11.8 Å². The van der Waals surface area contributed by atoms with Crippen LogP contribution in [0, 0.1) is 0 Å². The fourth-order valence-electron chi connectivity index (χ4n) is 1.71. The van der Waals surface area contributed by atoms with Gasteiger partial charge in [-0.1, -0.05) is 0 Å². The summed E-state index contributed by atoms with van der Waals surface area (Å²) in [6.07, 6.45) is 0.157. The van der Waals surface area contributed by atoms with E-state index in [2.05, 4.69) is 9.97 Å². The third-order valence-corrected chi connectivity index (χ3v) is 3.04. The Bertz CT molecular complexity index is 460. The minimum Gasteiger partial charge on any atom is -0.391 e. The van der Waals surface area contributed by atoms with Crippen LogP contribution in [0.1, 0.15) is 27.7 Å². The first-order valence-corrected chi connectivity index (χ1v) is 7.31. The Morgan fingerprint density at radius 1 is 0.864 bits per heavy atom. The molecule has 0 N–H and O–H groups in total. The molecule has 0 aromatic carbocycles. The molecule has 0 fully saturated rings. The Hall–Kier alpha value is -2.38. The molecule has 1 aromatic rings. The molecule has 1 rings (SSSR count). The molecular weight excluding hydrogens is 288 g/mol. The van der Waals surface area contributed by atoms with Crippen LogP contribution < -0.4 is 9.47 Å². The lowest BCUT2D eigenvalue weighted by molar-refractivity contribution is 0.153. The quantitative estimate of drug-likeness (QED) is 0.800. The van der Waals surface area contributed by atoms with Crippen LogP contribution in [0.3, 0.4) is 0 Å². The number of rotatable bonds is 6. The van der Waals surface area contributed by atoms with Crippen LogP contribution in [0.5, 0.6) is 11.8 Å². The highest BCUT2D eigenvalue weighted by atomic mass is 16.6. The molecule has 8 heteroatoms. The Morgan fingerprint density at radius 3 is 1.55 bits per heavy atom. The zero-order chi connectivity index (χ0) is 16.5. The number of hydrogen-bond acceptors (Lipinski definition) is 6. The Morgan fingerprint density at radius 2 is 1.23 bits per heavy atom. The van der Waals surface area contributed by atoms with Gasteiger partial charge in [-0.25, -0.2) is 19.6 Å². The van der Waals surface area contributed by atoms with Gasteiger partial charge in [-0.15, -0.1) is 0 Å². The standard InChI is InChI=1S/C14H22N4O4/c1-5-17(6-2)13(19)21-11-9-12(16-10-15-11)22-14(20)18(7-3)8-4/h9-10H,5-8H2,1-4H3. The van der Waals surface area contributed by atoms with Crippen molar-refractivity contribution in [3.05, 3.63) is 12.4 Å². The van der Waals surface area contributed by atoms with Crippen molar-refractivity contribution < 1.29 is 19.1 Å². The summed E-state index contributed by atoms with van der Waals surface area (Å²) in [5.74, 6) is 0.0727. The highest BCUT2D eigenvalue weighted by molar-refractivity contribution is 5.71. The molecule has 122 valence electrons. The van der Waals surface area contributed by atoms with Gasteiger partial charge in [0.05, 0.1) is 6.07 Å². The first kappa shape index (κ1) is 17.7. The first-order chi connectivity index (χ1) is 10.5. The molecule has 1 aromatic heterocycles. The molecule has 0 aliphatic heterocycles. The van der Waals surface area contributed by atoms with E-state index < -0.39 is 12.2 Å². The Balaban J connectivity index is 2.74. The third-order valence-electron chi connectivity index (χ3n) is 3.04. The first-order valence-electron chi connectivity index (χ1n) is 7.31. The highest BCUT2D eigenvalue weighted by Gasteiger charge is 2.16. The number of ether oxygens (including phenoxy) is 2. The van der Waals surface area contributed by atoms with Gasteiger partial charge in [-0.05, 0) is 27.7 Å². The molecular formula is C14H22N4O4. The fraction of sp³-hybridized carbons (Fsp3) is 0.571. The third kappa shape index (κ3) is 4.87. The maximum Gasteiger partial charge on any atom is 0.416 e. The molecule has 22 heavy (non-hydrogen) atoms. The molecule has 0 saturated heterocycles. The van der Waals surface area contributed by atoms with Crippen LogP contribution in [0.2, 0.25) is 0 Å². The van der Waals surface area contributed by atoms with Crippen LogP contribution in [0.25, 0.3) is 0 Å². The predicted octanol–water partition coefficient (Wildman–Crippen LogP) is 2.16. The van der Waals surface area contributed by atoms with E-state index >= 15 is 0 Å². The van der Waals surface area contributed by atoms with Gasteiger partial charge in [0.1, 0.15) is 6.33 Å². The minimum absolute atomic E-state index is 0.0363. The van der Waals surface area contributed by atoms with Crippen molar-refractivity contribution in [1.29, 1.82) is 0 Å². The lowest BCUT2D eigenvalue weighted by Crippen LogP contribution is -2.34. The van der Waals surface area contributed by atoms with Gasteiger partial charge in [-0.3, -0.25) is 0 Å². The number of carbonyl (C=O) groups is 2. The average molecular weight is 310 g/mol. The van der Waals surface area contributed by atoms with Gasteiger partial charge in [0.25, 0.3) is 0 Å². The summed E-state index contributed by atoms with van der Waals surface area (Å²) in [5.41, 5.74) is 0. The van der Waals surface area contributed by atoms with Gasteiger partial charge < -0.3 is 19.3 Å². The number of nitrogens with zero attached hydrogens (tertiary/aromatic N) is 4. The summed E-state index contributed by atoms with van der Waals surface area (Å²) in [4.78, 5) is 34.4. The number of aromatic nitrogens is 2. The summed E-state index contributed by atoms with van der Waals surface area (Å²) in [6.45, 7) is 9.52. The second-order valence-corrected chi connectivity index (χ2v) is 4.28. The van der Waals surface area contributed by atoms with Crippen molar-refractivity contribution in [1.82, 2.24) is 19.8 Å². The number of amides is 2. The van der Waals surface area contributed by atoms with Crippen LogP contribution in [-0.2, 0) is 0 Å². The molecule has 0 spiro atoms. The summed E-state index contributed by atoms with van der Waals surface area (Å²) in [6, 6.07) is 1.31. The summed E-state index contributed by atoms with van der Waals surface area (Å²) < 4.78 is 10.2. The smallest absolute Gasteiger partial charge is 0.391 e. The van der Waals surface area contributed by atoms with Gasteiger partial charge >= 0.3 is 12.2 Å². The van der Waals surface area contributed by atoms with Crippen molar-refractivity contribution in [3.63, 3.8) is 0 Å². The van der Waals surface area contributed by atoms with Crippen LogP contribution in [-0.4, -0.2) is 58.1 Å². The van der Waals surface area contributed by atoms with Gasteiger partial charge in [0.15, 0.2) is 0 Å². The zero-order valence-corrected chi connectivity index (χ0v) is 13.4. The largest absolute Gasteiger partial charge is 0.416 e. The van der Waals surface area contributed by atoms with Crippen molar-refractivity contribution in [2.75, 3.05) is 26.2 Å². The van der Waals surface area contributed by atoms with E-state index in [9.17, 15) is 9.59 Å². The molecule has 1 heterocycles. The maximum atomic E-state index is 11.8. The SMILES string of the molecule is CCN(CC)C(=O)Oc1cc(OC(=O)N(CC)CC)ncn1. The zero-order valence-electron chi connectivity index (χ0n) is 13.4. The summed E-state index contributed by atoms with van der Waals surface area (Å²) >= 11 is 0. The molecule has 0 aliphatic carbocycles. The van der Waals surface area contributed by atoms with Crippen molar-refractivity contribution in [2.24, 2.45) is 0 Å². The molecule has 0 unspecified atom stereocenters. The number of hydrogen-bond donors (Lipinski definition) is 0. The average Bonchev–Trinajstić information content (AvgIpc) is 2.50. The lowest BCUT2D eigenvalue weighted by Gasteiger charge is -2.18. The van der Waals surface area contributed by atoms with Gasteiger partial charge in [-0.2, -0.15) is 0 Å². The van der Waals surface area contributed by atoms with Crippen LogP contribution in [0.4, 0.5) is 9.59 Å². The Labute approximate surface area is 130 Å². The van der Waals surface area contributed by atoms with Crippen LogP contribution >= 0.6 is 0 Å². The molecule has 0 radical (unpaired) electrons. The number of carbonyl (C=O) groups excluding carboxylic acids is 2. The molecule has 0 saturated carbocycles. The molecule has 0 aliphatic rings. The van der Waals surface area contributed by atoms with E-state index in [1.807, 2.05) is 27.7 Å². The van der Waals surface area contributed by atoms with E-state index in [1.54, 1.807) is 0 Å². The second kappa shape index (κ2) is 8.81. The highest BCUT2D eigenvalue weighted by Crippen LogP contribution is 2.15. The fourth-order valence-corrected chi connectivity index (χ4v) is 1.71.